The first-order valence-corrected chi connectivity index (χ1v) is 7.90. The van der Waals surface area contributed by atoms with Crippen molar-refractivity contribution in [2.24, 2.45) is 23.0 Å². The first-order valence-electron chi connectivity index (χ1n) is 6.29. The van der Waals surface area contributed by atoms with Gasteiger partial charge in [0, 0.05) is 16.8 Å². The minimum atomic E-state index is -0.376. The van der Waals surface area contributed by atoms with Crippen LogP contribution in [0.2, 0.25) is 0 Å². The third-order valence-corrected chi connectivity index (χ3v) is 6.49. The second kappa shape index (κ2) is 4.34. The van der Waals surface area contributed by atoms with Crippen molar-refractivity contribution < 1.29 is 5.11 Å². The van der Waals surface area contributed by atoms with Gasteiger partial charge in [0.25, 0.3) is 0 Å². The third kappa shape index (κ3) is 1.81. The van der Waals surface area contributed by atoms with E-state index in [1.54, 1.807) is 11.3 Å². The zero-order chi connectivity index (χ0) is 12.0. The van der Waals surface area contributed by atoms with Gasteiger partial charge in [0.1, 0.15) is 0 Å². The van der Waals surface area contributed by atoms with Crippen molar-refractivity contribution in [1.82, 2.24) is 0 Å². The van der Waals surface area contributed by atoms with Crippen molar-refractivity contribution in [3.05, 3.63) is 20.8 Å². The molecule has 2 nitrogen and oxygen atoms in total. The molecule has 94 valence electrons. The maximum Gasteiger partial charge on any atom is 0.0953 e. The summed E-state index contributed by atoms with van der Waals surface area (Å²) in [5.74, 6) is 1.44. The molecule has 4 atom stereocenters. The van der Waals surface area contributed by atoms with Gasteiger partial charge in [-0.1, -0.05) is 6.42 Å². The number of aliphatic hydroxyl groups excluding tert-OH is 1. The first-order chi connectivity index (χ1) is 8.15. The predicted octanol–water partition coefficient (Wildman–Crippen LogP) is 3.31. The van der Waals surface area contributed by atoms with Crippen molar-refractivity contribution in [2.75, 3.05) is 6.54 Å². The lowest BCUT2D eigenvalue weighted by Crippen LogP contribution is -2.41. The number of hydrogen-bond acceptors (Lipinski definition) is 3. The number of nitrogens with two attached hydrogens (primary N) is 1. The summed E-state index contributed by atoms with van der Waals surface area (Å²) in [7, 11) is 0. The molecule has 3 N–H and O–H groups in total. The molecule has 0 radical (unpaired) electrons. The Morgan fingerprint density at radius 3 is 2.82 bits per heavy atom. The Kier molecular flexibility index (Phi) is 3.10. The van der Waals surface area contributed by atoms with Gasteiger partial charge in [-0.25, -0.2) is 0 Å². The predicted molar refractivity (Wildman–Crippen MR) is 73.9 cm³/mol. The molecule has 3 rings (SSSR count). The number of thiophene rings is 1. The minimum absolute atomic E-state index is 0.0484. The van der Waals surface area contributed by atoms with E-state index in [0.29, 0.717) is 12.5 Å². The number of fused-ring (bicyclic) bond motifs is 2. The van der Waals surface area contributed by atoms with E-state index in [-0.39, 0.29) is 11.5 Å². The fourth-order valence-electron chi connectivity index (χ4n) is 3.94. The summed E-state index contributed by atoms with van der Waals surface area (Å²) in [5, 5.41) is 10.7. The molecule has 2 aliphatic rings. The largest absolute Gasteiger partial charge is 0.387 e. The Labute approximate surface area is 114 Å². The molecule has 0 spiro atoms. The third-order valence-electron chi connectivity index (χ3n) is 4.81. The molecule has 0 saturated heterocycles. The summed E-state index contributed by atoms with van der Waals surface area (Å²) >= 11 is 5.10. The lowest BCUT2D eigenvalue weighted by molar-refractivity contribution is -0.0107. The van der Waals surface area contributed by atoms with E-state index < -0.39 is 0 Å². The molecule has 0 amide bonds. The molecule has 1 heterocycles. The molecule has 2 fully saturated rings. The molecule has 4 unspecified atom stereocenters. The van der Waals surface area contributed by atoms with E-state index in [0.717, 1.165) is 21.0 Å². The molecule has 17 heavy (non-hydrogen) atoms. The molecule has 4 heteroatoms. The molecule has 0 aliphatic heterocycles. The van der Waals surface area contributed by atoms with Gasteiger partial charge in [-0.05, 0) is 59.2 Å². The molecule has 1 aromatic rings. The van der Waals surface area contributed by atoms with E-state index in [4.69, 9.17) is 5.73 Å². The molecule has 0 aromatic carbocycles. The van der Waals surface area contributed by atoms with Crippen LogP contribution in [0, 0.1) is 17.3 Å². The quantitative estimate of drug-likeness (QED) is 0.899. The first kappa shape index (κ1) is 12.2. The topological polar surface area (TPSA) is 46.2 Å². The van der Waals surface area contributed by atoms with Crippen LogP contribution in [0.15, 0.2) is 15.9 Å². The van der Waals surface area contributed by atoms with E-state index in [2.05, 4.69) is 15.9 Å². The van der Waals surface area contributed by atoms with E-state index in [1.807, 2.05) is 12.1 Å². The van der Waals surface area contributed by atoms with Gasteiger partial charge in [-0.3, -0.25) is 0 Å². The van der Waals surface area contributed by atoms with Crippen molar-refractivity contribution in [3.8, 4) is 0 Å². The molecular formula is C13H18BrNOS. The van der Waals surface area contributed by atoms with E-state index >= 15 is 0 Å². The summed E-state index contributed by atoms with van der Waals surface area (Å²) in [6, 6.07) is 4.05. The summed E-state index contributed by atoms with van der Waals surface area (Å²) in [6.45, 7) is 0.616. The molecule has 2 bridgehead atoms. The van der Waals surface area contributed by atoms with Crippen LogP contribution < -0.4 is 5.73 Å². The second-order valence-electron chi connectivity index (χ2n) is 5.56. The summed E-state index contributed by atoms with van der Waals surface area (Å²) in [6.07, 6.45) is 4.61. The highest BCUT2D eigenvalue weighted by Crippen LogP contribution is 2.60. The molecule has 2 saturated carbocycles. The highest BCUT2D eigenvalue weighted by Gasteiger charge is 2.54. The second-order valence-corrected chi connectivity index (χ2v) is 8.06. The minimum Gasteiger partial charge on any atom is -0.387 e. The van der Waals surface area contributed by atoms with Gasteiger partial charge in [0.15, 0.2) is 0 Å². The van der Waals surface area contributed by atoms with Crippen LogP contribution >= 0.6 is 27.3 Å². The van der Waals surface area contributed by atoms with Crippen LogP contribution in [0.5, 0.6) is 0 Å². The van der Waals surface area contributed by atoms with E-state index in [1.165, 1.54) is 19.3 Å². The Hall–Kier alpha value is 0.1000. The SMILES string of the molecule is NCC1(C(O)c2ccc(Br)s2)CC2CCC1C2. The number of halogens is 1. The highest BCUT2D eigenvalue weighted by molar-refractivity contribution is 9.11. The van der Waals surface area contributed by atoms with Crippen molar-refractivity contribution >= 4 is 27.3 Å². The standard InChI is InChI=1S/C13H18BrNOS/c14-11-4-3-10(17-11)12(16)13(7-15)6-8-1-2-9(13)5-8/h3-4,8-9,12,16H,1-2,5-7,15H2. The van der Waals surface area contributed by atoms with Gasteiger partial charge in [0.2, 0.25) is 0 Å². The molecular weight excluding hydrogens is 298 g/mol. The fourth-order valence-corrected chi connectivity index (χ4v) is 5.48. The average molecular weight is 316 g/mol. The number of rotatable bonds is 3. The average Bonchev–Trinajstić information content (AvgIpc) is 3.02. The maximum atomic E-state index is 10.7. The fraction of sp³-hybridized carbons (Fsp3) is 0.692. The Balaban J connectivity index is 1.91. The van der Waals surface area contributed by atoms with Crippen LogP contribution in [0.25, 0.3) is 0 Å². The van der Waals surface area contributed by atoms with Crippen molar-refractivity contribution in [1.29, 1.82) is 0 Å². The van der Waals surface area contributed by atoms with Crippen molar-refractivity contribution in [3.63, 3.8) is 0 Å². The van der Waals surface area contributed by atoms with Gasteiger partial charge >= 0.3 is 0 Å². The van der Waals surface area contributed by atoms with E-state index in [9.17, 15) is 5.11 Å². The lowest BCUT2D eigenvalue weighted by Gasteiger charge is -2.40. The van der Waals surface area contributed by atoms with Crippen LogP contribution in [-0.4, -0.2) is 11.7 Å². The number of hydrogen-bond donors (Lipinski definition) is 2. The Bertz CT molecular complexity index is 421. The smallest absolute Gasteiger partial charge is 0.0953 e. The van der Waals surface area contributed by atoms with Crippen LogP contribution in [-0.2, 0) is 0 Å². The summed E-state index contributed by atoms with van der Waals surface area (Å²) < 4.78 is 1.09. The monoisotopic (exact) mass is 315 g/mol. The molecule has 1 aromatic heterocycles. The molecule has 2 aliphatic carbocycles. The van der Waals surface area contributed by atoms with Gasteiger partial charge < -0.3 is 10.8 Å². The van der Waals surface area contributed by atoms with Crippen LogP contribution in [0.3, 0.4) is 0 Å². The van der Waals surface area contributed by atoms with Gasteiger partial charge in [0.05, 0.1) is 9.89 Å². The highest BCUT2D eigenvalue weighted by atomic mass is 79.9. The zero-order valence-corrected chi connectivity index (χ0v) is 12.1. The normalized spacial score (nSPS) is 37.6. The van der Waals surface area contributed by atoms with Gasteiger partial charge in [-0.2, -0.15) is 0 Å². The van der Waals surface area contributed by atoms with Crippen LogP contribution in [0.1, 0.15) is 36.7 Å². The van der Waals surface area contributed by atoms with Crippen molar-refractivity contribution in [2.45, 2.75) is 31.8 Å². The summed E-state index contributed by atoms with van der Waals surface area (Å²) in [4.78, 5) is 1.06. The lowest BCUT2D eigenvalue weighted by atomic mass is 9.69. The Morgan fingerprint density at radius 2 is 2.35 bits per heavy atom. The van der Waals surface area contributed by atoms with Gasteiger partial charge in [-0.15, -0.1) is 11.3 Å². The maximum absolute atomic E-state index is 10.7. The Morgan fingerprint density at radius 1 is 1.53 bits per heavy atom. The van der Waals surface area contributed by atoms with Crippen LogP contribution in [0.4, 0.5) is 0 Å². The summed E-state index contributed by atoms with van der Waals surface area (Å²) in [5.41, 5.74) is 5.98. The number of aliphatic hydroxyl groups is 1. The zero-order valence-electron chi connectivity index (χ0n) is 9.73.